The molecule has 0 aliphatic carbocycles. The average molecular weight is 405 g/mol. The van der Waals surface area contributed by atoms with Gasteiger partial charge in [0.15, 0.2) is 0 Å². The molecule has 0 spiro atoms. The highest BCUT2D eigenvalue weighted by molar-refractivity contribution is 6.33. The summed E-state index contributed by atoms with van der Waals surface area (Å²) in [5, 5.41) is 2.24. The zero-order valence-electron chi connectivity index (χ0n) is 16.1. The highest BCUT2D eigenvalue weighted by atomic mass is 35.5. The van der Waals surface area contributed by atoms with Crippen molar-refractivity contribution in [3.63, 3.8) is 0 Å². The van der Waals surface area contributed by atoms with Gasteiger partial charge < -0.3 is 15.2 Å². The number of nitrogens with one attached hydrogen (secondary N) is 1. The molecule has 0 saturated carbocycles. The van der Waals surface area contributed by atoms with Crippen LogP contribution in [0, 0.1) is 0 Å². The number of nitrogens with two attached hydrogens (primary N) is 1. The fourth-order valence-corrected chi connectivity index (χ4v) is 3.29. The van der Waals surface area contributed by atoms with E-state index in [1.807, 2.05) is 17.1 Å². The summed E-state index contributed by atoms with van der Waals surface area (Å²) in [6.45, 7) is 4.03. The van der Waals surface area contributed by atoms with Crippen LogP contribution < -0.4 is 20.6 Å². The second-order valence-electron chi connectivity index (χ2n) is 6.63. The first-order valence-electron chi connectivity index (χ1n) is 9.04. The molecule has 2 aromatic rings. The first-order chi connectivity index (χ1) is 13.5. The number of hydrogen-bond donors (Lipinski definition) is 2. The van der Waals surface area contributed by atoms with Crippen molar-refractivity contribution in [2.75, 3.05) is 46.1 Å². The number of methoxy groups -OCH3 is 2. The van der Waals surface area contributed by atoms with Gasteiger partial charge in [0.05, 0.1) is 30.5 Å². The Labute approximate surface area is 169 Å². The highest BCUT2D eigenvalue weighted by Crippen LogP contribution is 2.28. The molecule has 0 bridgehead atoms. The molecule has 7 nitrogen and oxygen atoms in total. The Hall–Kier alpha value is -2.48. The quantitative estimate of drug-likeness (QED) is 0.720. The van der Waals surface area contributed by atoms with Gasteiger partial charge in [-0.25, -0.2) is 5.01 Å². The molecule has 8 heteroatoms. The molecular weight excluding hydrogens is 380 g/mol. The topological polar surface area (TPSA) is 80.1 Å². The summed E-state index contributed by atoms with van der Waals surface area (Å²) in [5.41, 5.74) is 10.7. The Morgan fingerprint density at radius 3 is 2.39 bits per heavy atom. The van der Waals surface area contributed by atoms with E-state index < -0.39 is 0 Å². The van der Waals surface area contributed by atoms with Crippen molar-refractivity contribution in [1.82, 2.24) is 15.3 Å². The van der Waals surface area contributed by atoms with E-state index in [1.54, 1.807) is 13.2 Å². The summed E-state index contributed by atoms with van der Waals surface area (Å²) in [7, 11) is 3.16. The van der Waals surface area contributed by atoms with Crippen molar-refractivity contribution < 1.29 is 14.3 Å². The number of carbonyl (C=O) groups excluding carboxylic acids is 1. The van der Waals surface area contributed by atoms with Gasteiger partial charge in [0.25, 0.3) is 5.91 Å². The molecular formula is C20H25ClN4O3. The Morgan fingerprint density at radius 2 is 1.79 bits per heavy atom. The van der Waals surface area contributed by atoms with Crippen LogP contribution in [0.3, 0.4) is 0 Å². The van der Waals surface area contributed by atoms with Crippen LogP contribution in [0.2, 0.25) is 5.02 Å². The number of nitrogen functional groups attached to an aromatic ring is 1. The Kier molecular flexibility index (Phi) is 6.61. The lowest BCUT2D eigenvalue weighted by Crippen LogP contribution is -2.53. The van der Waals surface area contributed by atoms with Crippen molar-refractivity contribution in [1.29, 1.82) is 0 Å². The smallest absolute Gasteiger partial charge is 0.269 e. The number of hydrogen-bond acceptors (Lipinski definition) is 6. The molecule has 150 valence electrons. The lowest BCUT2D eigenvalue weighted by Gasteiger charge is -2.34. The minimum absolute atomic E-state index is 0.262. The third-order valence-electron chi connectivity index (χ3n) is 4.76. The molecule has 1 amide bonds. The van der Waals surface area contributed by atoms with Crippen LogP contribution in [0.15, 0.2) is 36.4 Å². The van der Waals surface area contributed by atoms with Gasteiger partial charge >= 0.3 is 0 Å². The maximum atomic E-state index is 12.6. The molecule has 1 saturated heterocycles. The van der Waals surface area contributed by atoms with Gasteiger partial charge in [-0.2, -0.15) is 0 Å². The fourth-order valence-electron chi connectivity index (χ4n) is 3.13. The van der Waals surface area contributed by atoms with Gasteiger partial charge in [-0.05, 0) is 23.8 Å². The van der Waals surface area contributed by atoms with E-state index in [0.717, 1.165) is 38.5 Å². The van der Waals surface area contributed by atoms with Crippen LogP contribution in [0.5, 0.6) is 11.5 Å². The van der Waals surface area contributed by atoms with Crippen molar-refractivity contribution in [2.45, 2.75) is 6.54 Å². The number of anilines is 1. The predicted octanol–water partition coefficient (Wildman–Crippen LogP) is 2.40. The number of nitrogens with zero attached hydrogens (tertiary/aromatic N) is 2. The van der Waals surface area contributed by atoms with Crippen molar-refractivity contribution in [2.24, 2.45) is 0 Å². The Morgan fingerprint density at radius 1 is 1.11 bits per heavy atom. The molecule has 2 aromatic carbocycles. The molecule has 0 atom stereocenters. The van der Waals surface area contributed by atoms with Crippen LogP contribution in [0.4, 0.5) is 5.69 Å². The van der Waals surface area contributed by atoms with Gasteiger partial charge in [0.1, 0.15) is 11.5 Å². The number of piperazine rings is 1. The summed E-state index contributed by atoms with van der Waals surface area (Å²) >= 11 is 6.06. The third kappa shape index (κ3) is 4.86. The summed E-state index contributed by atoms with van der Waals surface area (Å²) in [5.74, 6) is 0.995. The summed E-state index contributed by atoms with van der Waals surface area (Å²) in [6, 6.07) is 11.2. The lowest BCUT2D eigenvalue weighted by molar-refractivity contribution is 0.0602. The number of ether oxygens (including phenoxy) is 2. The summed E-state index contributed by atoms with van der Waals surface area (Å²) in [4.78, 5) is 15.0. The first kappa shape index (κ1) is 20.3. The van der Waals surface area contributed by atoms with E-state index in [2.05, 4.69) is 22.5 Å². The van der Waals surface area contributed by atoms with E-state index in [9.17, 15) is 4.79 Å². The SMILES string of the molecule is COc1ccc(CN2CCN(NC(=O)c3cc(Cl)c(N)cc3OC)CC2)cc1. The van der Waals surface area contributed by atoms with E-state index in [-0.39, 0.29) is 5.91 Å². The Balaban J connectivity index is 1.54. The highest BCUT2D eigenvalue weighted by Gasteiger charge is 2.21. The van der Waals surface area contributed by atoms with Crippen LogP contribution in [0.25, 0.3) is 0 Å². The molecule has 3 rings (SSSR count). The van der Waals surface area contributed by atoms with Gasteiger partial charge in [-0.3, -0.25) is 15.1 Å². The molecule has 1 heterocycles. The molecule has 1 aliphatic rings. The van der Waals surface area contributed by atoms with E-state index in [0.29, 0.717) is 22.0 Å². The van der Waals surface area contributed by atoms with E-state index in [1.165, 1.54) is 18.7 Å². The first-order valence-corrected chi connectivity index (χ1v) is 9.42. The normalized spacial score (nSPS) is 15.2. The maximum absolute atomic E-state index is 12.6. The van der Waals surface area contributed by atoms with Crippen molar-refractivity contribution in [3.05, 3.63) is 52.5 Å². The standard InChI is InChI=1S/C20H25ClN4O3/c1-27-15-5-3-14(4-6-15)13-24-7-9-25(10-8-24)23-20(26)16-11-17(21)18(22)12-19(16)28-2/h3-6,11-12H,7-10,13,22H2,1-2H3,(H,23,26). The van der Waals surface area contributed by atoms with Gasteiger partial charge in [0, 0.05) is 38.8 Å². The molecule has 1 fully saturated rings. The minimum atomic E-state index is -0.262. The average Bonchev–Trinajstić information content (AvgIpc) is 2.71. The van der Waals surface area contributed by atoms with Crippen LogP contribution in [-0.4, -0.2) is 56.2 Å². The zero-order valence-corrected chi connectivity index (χ0v) is 16.8. The van der Waals surface area contributed by atoms with Crippen molar-refractivity contribution >= 4 is 23.2 Å². The van der Waals surface area contributed by atoms with E-state index in [4.69, 9.17) is 26.8 Å². The van der Waals surface area contributed by atoms with Crippen LogP contribution >= 0.6 is 11.6 Å². The van der Waals surface area contributed by atoms with E-state index >= 15 is 0 Å². The molecule has 1 aliphatic heterocycles. The molecule has 3 N–H and O–H groups in total. The minimum Gasteiger partial charge on any atom is -0.497 e. The van der Waals surface area contributed by atoms with Crippen LogP contribution in [0.1, 0.15) is 15.9 Å². The zero-order chi connectivity index (χ0) is 20.1. The summed E-state index contributed by atoms with van der Waals surface area (Å²) in [6.07, 6.45) is 0. The third-order valence-corrected chi connectivity index (χ3v) is 5.09. The van der Waals surface area contributed by atoms with Crippen molar-refractivity contribution in [3.8, 4) is 11.5 Å². The lowest BCUT2D eigenvalue weighted by atomic mass is 10.1. The monoisotopic (exact) mass is 404 g/mol. The molecule has 0 radical (unpaired) electrons. The number of carbonyl (C=O) groups is 1. The number of benzene rings is 2. The van der Waals surface area contributed by atoms with Gasteiger partial charge in [0.2, 0.25) is 0 Å². The fraction of sp³-hybridized carbons (Fsp3) is 0.350. The van der Waals surface area contributed by atoms with Gasteiger partial charge in [-0.15, -0.1) is 0 Å². The molecule has 28 heavy (non-hydrogen) atoms. The Bertz CT molecular complexity index is 821. The predicted molar refractivity (Wildman–Crippen MR) is 110 cm³/mol. The molecule has 0 aromatic heterocycles. The largest absolute Gasteiger partial charge is 0.497 e. The van der Waals surface area contributed by atoms with Crippen LogP contribution in [-0.2, 0) is 6.54 Å². The maximum Gasteiger partial charge on any atom is 0.269 e. The number of hydrazine groups is 1. The number of halogens is 1. The second-order valence-corrected chi connectivity index (χ2v) is 7.03. The van der Waals surface area contributed by atoms with Gasteiger partial charge in [-0.1, -0.05) is 23.7 Å². The second kappa shape index (κ2) is 9.14. The number of rotatable bonds is 6. The number of amides is 1. The summed E-state index contributed by atoms with van der Waals surface area (Å²) < 4.78 is 10.4. The molecule has 0 unspecified atom stereocenters.